The number of carbonyl (C=O) groups excluding carboxylic acids is 2. The van der Waals surface area contributed by atoms with Crippen molar-refractivity contribution in [1.82, 2.24) is 3.97 Å². The molecule has 0 aliphatic rings. The van der Waals surface area contributed by atoms with Crippen LogP contribution in [0.4, 0.5) is 0 Å². The van der Waals surface area contributed by atoms with Gasteiger partial charge in [0.1, 0.15) is 5.03 Å². The predicted octanol–water partition coefficient (Wildman–Crippen LogP) is 4.65. The molecule has 144 valence electrons. The topological polar surface area (TPSA) is 73.2 Å². The first kappa shape index (κ1) is 19.2. The summed E-state index contributed by atoms with van der Waals surface area (Å²) >= 11 is 1.09. The van der Waals surface area contributed by atoms with E-state index >= 15 is 0 Å². The fourth-order valence-corrected chi connectivity index (χ4v) is 6.03. The average Bonchev–Trinajstić information content (AvgIpc) is 3.08. The fourth-order valence-electron chi connectivity index (χ4n) is 3.13. The summed E-state index contributed by atoms with van der Waals surface area (Å²) in [5.41, 5.74) is 1.10. The van der Waals surface area contributed by atoms with Gasteiger partial charge in [-0.25, -0.2) is 12.4 Å². The molecule has 29 heavy (non-hydrogen) atoms. The largest absolute Gasteiger partial charge is 0.298 e. The van der Waals surface area contributed by atoms with Gasteiger partial charge in [-0.3, -0.25) is 9.59 Å². The number of hydrogen-bond donors (Lipinski definition) is 0. The van der Waals surface area contributed by atoms with Crippen molar-refractivity contribution in [2.24, 2.45) is 0 Å². The molecule has 0 unspecified atom stereocenters. The highest BCUT2D eigenvalue weighted by atomic mass is 32.2. The molecule has 1 aromatic heterocycles. The number of carbonyl (C=O) groups is 2. The number of hydrogen-bond acceptors (Lipinski definition) is 5. The Morgan fingerprint density at radius 3 is 2.14 bits per heavy atom. The third-order valence-corrected chi connectivity index (χ3v) is 7.51. The molecule has 0 aliphatic heterocycles. The molecule has 3 aromatic carbocycles. The van der Waals surface area contributed by atoms with Crippen LogP contribution in [0.25, 0.3) is 10.9 Å². The zero-order chi connectivity index (χ0) is 20.4. The van der Waals surface area contributed by atoms with Gasteiger partial charge in [-0.15, -0.1) is 0 Å². The zero-order valence-electron chi connectivity index (χ0n) is 15.1. The number of benzene rings is 3. The highest BCUT2D eigenvalue weighted by Gasteiger charge is 2.27. The number of aromatic nitrogens is 1. The smallest absolute Gasteiger partial charge is 0.269 e. The summed E-state index contributed by atoms with van der Waals surface area (Å²) in [6.07, 6.45) is 1.37. The number of para-hydroxylation sites is 1. The van der Waals surface area contributed by atoms with Crippen LogP contribution in [0.3, 0.4) is 0 Å². The monoisotopic (exact) mass is 421 g/mol. The molecule has 1 heterocycles. The van der Waals surface area contributed by atoms with Crippen LogP contribution >= 0.6 is 11.8 Å². The summed E-state index contributed by atoms with van der Waals surface area (Å²) in [5, 5.41) is 0.785. The molecule has 0 N–H and O–H groups in total. The second-order valence-electron chi connectivity index (χ2n) is 6.19. The highest BCUT2D eigenvalue weighted by molar-refractivity contribution is 8.00. The van der Waals surface area contributed by atoms with E-state index in [1.54, 1.807) is 66.7 Å². The molecule has 0 atom stereocenters. The predicted molar refractivity (Wildman–Crippen MR) is 112 cm³/mol. The molecule has 0 fully saturated rings. The Morgan fingerprint density at radius 1 is 0.759 bits per heavy atom. The summed E-state index contributed by atoms with van der Waals surface area (Å²) < 4.78 is 28.2. The van der Waals surface area contributed by atoms with Gasteiger partial charge in [0.25, 0.3) is 10.0 Å². The first-order chi connectivity index (χ1) is 14.1. The molecule has 0 saturated carbocycles. The minimum atomic E-state index is -3.98. The van der Waals surface area contributed by atoms with Crippen molar-refractivity contribution in [2.75, 3.05) is 0 Å². The van der Waals surface area contributed by atoms with Gasteiger partial charge in [0.05, 0.1) is 16.0 Å². The Labute approximate surface area is 172 Å². The molecule has 0 bridgehead atoms. The molecule has 0 radical (unpaired) electrons. The van der Waals surface area contributed by atoms with Crippen LogP contribution in [0.15, 0.2) is 93.7 Å². The van der Waals surface area contributed by atoms with E-state index < -0.39 is 10.0 Å². The van der Waals surface area contributed by atoms with E-state index in [0.717, 1.165) is 11.8 Å². The van der Waals surface area contributed by atoms with Crippen molar-refractivity contribution in [1.29, 1.82) is 0 Å². The van der Waals surface area contributed by atoms with Gasteiger partial charge in [0.15, 0.2) is 12.6 Å². The number of nitrogens with zero attached hydrogens (tertiary/aromatic N) is 1. The van der Waals surface area contributed by atoms with E-state index in [1.807, 2.05) is 0 Å². The third-order valence-electron chi connectivity index (χ3n) is 4.48. The zero-order valence-corrected chi connectivity index (χ0v) is 16.7. The maximum absolute atomic E-state index is 13.5. The van der Waals surface area contributed by atoms with Gasteiger partial charge in [-0.1, -0.05) is 66.4 Å². The molecule has 4 rings (SSSR count). The molecule has 0 amide bonds. The molecule has 7 heteroatoms. The second-order valence-corrected chi connectivity index (χ2v) is 9.01. The Hall–Kier alpha value is -3.16. The van der Waals surface area contributed by atoms with Gasteiger partial charge in [-0.05, 0) is 24.3 Å². The van der Waals surface area contributed by atoms with Crippen LogP contribution in [0.5, 0.6) is 0 Å². The maximum Gasteiger partial charge on any atom is 0.269 e. The van der Waals surface area contributed by atoms with E-state index in [2.05, 4.69) is 0 Å². The summed E-state index contributed by atoms with van der Waals surface area (Å²) in [6, 6.07) is 21.8. The van der Waals surface area contributed by atoms with E-state index in [0.29, 0.717) is 33.9 Å². The lowest BCUT2D eigenvalue weighted by molar-refractivity contribution is 0.111. The van der Waals surface area contributed by atoms with Crippen LogP contribution in [0.1, 0.15) is 20.7 Å². The van der Waals surface area contributed by atoms with Crippen molar-refractivity contribution in [3.8, 4) is 0 Å². The summed E-state index contributed by atoms with van der Waals surface area (Å²) in [6.45, 7) is 0. The van der Waals surface area contributed by atoms with Gasteiger partial charge in [0.2, 0.25) is 0 Å². The minimum absolute atomic E-state index is 0.115. The van der Waals surface area contributed by atoms with Gasteiger partial charge >= 0.3 is 0 Å². The van der Waals surface area contributed by atoms with Crippen LogP contribution < -0.4 is 0 Å². The van der Waals surface area contributed by atoms with Crippen LogP contribution in [0.2, 0.25) is 0 Å². The van der Waals surface area contributed by atoms with Gasteiger partial charge in [-0.2, -0.15) is 0 Å². The van der Waals surface area contributed by atoms with E-state index in [9.17, 15) is 18.0 Å². The first-order valence-electron chi connectivity index (χ1n) is 8.69. The molecule has 0 saturated heterocycles. The van der Waals surface area contributed by atoms with Gasteiger partial charge < -0.3 is 0 Å². The number of rotatable bonds is 6. The Kier molecular flexibility index (Phi) is 5.08. The first-order valence-corrected chi connectivity index (χ1v) is 10.9. The van der Waals surface area contributed by atoms with Crippen molar-refractivity contribution in [3.05, 3.63) is 90.0 Å². The van der Waals surface area contributed by atoms with E-state index in [1.165, 1.54) is 16.1 Å². The molecular weight excluding hydrogens is 406 g/mol. The van der Waals surface area contributed by atoms with E-state index in [4.69, 9.17) is 0 Å². The number of aldehydes is 2. The van der Waals surface area contributed by atoms with Crippen molar-refractivity contribution >= 4 is 45.3 Å². The molecule has 0 aliphatic carbocycles. The second kappa shape index (κ2) is 7.69. The van der Waals surface area contributed by atoms with Crippen molar-refractivity contribution in [3.63, 3.8) is 0 Å². The standard InChI is InChI=1S/C22H15NO4S2/c24-14-16-8-4-7-13-21(16)28-22-19(15-25)18-11-5-6-12-20(18)23(22)29(26,27)17-9-2-1-3-10-17/h1-15H. The van der Waals surface area contributed by atoms with Crippen LogP contribution in [0, 0.1) is 0 Å². The maximum atomic E-state index is 13.5. The van der Waals surface area contributed by atoms with Crippen LogP contribution in [-0.4, -0.2) is 25.0 Å². The normalized spacial score (nSPS) is 11.4. The Morgan fingerprint density at radius 2 is 1.41 bits per heavy atom. The Balaban J connectivity index is 2.05. The minimum Gasteiger partial charge on any atom is -0.298 e. The molecule has 4 aromatic rings. The Bertz CT molecular complexity index is 1330. The molecule has 5 nitrogen and oxygen atoms in total. The quantitative estimate of drug-likeness (QED) is 0.424. The summed E-state index contributed by atoms with van der Waals surface area (Å²) in [4.78, 5) is 24.1. The third kappa shape index (κ3) is 3.28. The summed E-state index contributed by atoms with van der Waals surface area (Å²) in [5.74, 6) is 0. The number of fused-ring (bicyclic) bond motifs is 1. The van der Waals surface area contributed by atoms with Crippen LogP contribution in [-0.2, 0) is 10.0 Å². The molecule has 0 spiro atoms. The van der Waals surface area contributed by atoms with Crippen molar-refractivity contribution in [2.45, 2.75) is 14.8 Å². The lowest BCUT2D eigenvalue weighted by atomic mass is 10.2. The van der Waals surface area contributed by atoms with E-state index in [-0.39, 0.29) is 15.5 Å². The summed E-state index contributed by atoms with van der Waals surface area (Å²) in [7, 11) is -3.98. The highest BCUT2D eigenvalue weighted by Crippen LogP contribution is 2.39. The SMILES string of the molecule is O=Cc1ccccc1Sc1c(C=O)c2ccccc2n1S(=O)(=O)c1ccccc1. The fraction of sp³-hybridized carbons (Fsp3) is 0. The lowest BCUT2D eigenvalue weighted by Crippen LogP contribution is -2.14. The molecular formula is C22H15NO4S2. The van der Waals surface area contributed by atoms with Gasteiger partial charge in [0, 0.05) is 15.8 Å². The average molecular weight is 421 g/mol. The van der Waals surface area contributed by atoms with Crippen molar-refractivity contribution < 1.29 is 18.0 Å². The lowest BCUT2D eigenvalue weighted by Gasteiger charge is -2.13.